The Morgan fingerprint density at radius 2 is 1.95 bits per heavy atom. The number of ether oxygens (including phenoxy) is 1. The van der Waals surface area contributed by atoms with Crippen molar-refractivity contribution in [2.24, 2.45) is 0 Å². The highest BCUT2D eigenvalue weighted by Gasteiger charge is 2.06. The van der Waals surface area contributed by atoms with Crippen molar-refractivity contribution in [3.8, 4) is 5.75 Å². The molecule has 1 aromatic heterocycles. The third-order valence-electron chi connectivity index (χ3n) is 4.00. The van der Waals surface area contributed by atoms with Crippen molar-refractivity contribution < 1.29 is 4.74 Å². The van der Waals surface area contributed by atoms with Gasteiger partial charge in [-0.3, -0.25) is 4.98 Å². The fraction of sp³-hybridized carbons (Fsp3) is 0.500. The number of nitrogens with one attached hydrogen (secondary N) is 1. The van der Waals surface area contributed by atoms with E-state index in [9.17, 15) is 0 Å². The molecule has 0 aliphatic carbocycles. The largest absolute Gasteiger partial charge is 0.497 e. The van der Waals surface area contributed by atoms with E-state index in [4.69, 9.17) is 4.74 Å². The first-order valence-corrected chi connectivity index (χ1v) is 8.09. The van der Waals surface area contributed by atoms with Crippen molar-refractivity contribution in [2.45, 2.75) is 27.2 Å². The van der Waals surface area contributed by atoms with Crippen molar-refractivity contribution in [3.05, 3.63) is 30.0 Å². The normalized spacial score (nSPS) is 11.1. The average molecular weight is 301 g/mol. The summed E-state index contributed by atoms with van der Waals surface area (Å²) in [6.45, 7) is 10.8. The molecule has 0 fully saturated rings. The van der Waals surface area contributed by atoms with Gasteiger partial charge in [-0.05, 0) is 57.2 Å². The number of benzene rings is 1. The number of pyridine rings is 1. The maximum absolute atomic E-state index is 5.33. The molecule has 0 saturated heterocycles. The first kappa shape index (κ1) is 16.6. The first-order chi connectivity index (χ1) is 10.7. The molecule has 0 saturated carbocycles. The van der Waals surface area contributed by atoms with Crippen LogP contribution in [0.4, 0.5) is 5.69 Å². The van der Waals surface area contributed by atoms with Crippen molar-refractivity contribution in [3.63, 3.8) is 0 Å². The molecule has 2 aromatic rings. The Morgan fingerprint density at radius 3 is 2.64 bits per heavy atom. The van der Waals surface area contributed by atoms with Gasteiger partial charge in [-0.25, -0.2) is 0 Å². The molecule has 0 unspecified atom stereocenters. The minimum absolute atomic E-state index is 0.865. The molecule has 4 nitrogen and oxygen atoms in total. The lowest BCUT2D eigenvalue weighted by atomic mass is 10.1. The van der Waals surface area contributed by atoms with Gasteiger partial charge in [0.1, 0.15) is 5.75 Å². The van der Waals surface area contributed by atoms with Gasteiger partial charge in [0.05, 0.1) is 12.6 Å². The van der Waals surface area contributed by atoms with Crippen LogP contribution in [0.25, 0.3) is 10.9 Å². The first-order valence-electron chi connectivity index (χ1n) is 8.09. The van der Waals surface area contributed by atoms with Crippen LogP contribution in [0, 0.1) is 6.92 Å². The smallest absolute Gasteiger partial charge is 0.119 e. The Kier molecular flexibility index (Phi) is 6.01. The summed E-state index contributed by atoms with van der Waals surface area (Å²) in [4.78, 5) is 7.04. The van der Waals surface area contributed by atoms with E-state index in [1.165, 1.54) is 0 Å². The molecule has 120 valence electrons. The third kappa shape index (κ3) is 4.10. The van der Waals surface area contributed by atoms with Gasteiger partial charge >= 0.3 is 0 Å². The molecule has 0 radical (unpaired) electrons. The number of rotatable bonds is 8. The molecule has 1 aromatic carbocycles. The van der Waals surface area contributed by atoms with E-state index in [0.717, 1.165) is 60.6 Å². The van der Waals surface area contributed by atoms with Crippen LogP contribution in [0.15, 0.2) is 24.3 Å². The maximum atomic E-state index is 5.33. The minimum atomic E-state index is 0.865. The molecule has 0 aliphatic heterocycles. The van der Waals surface area contributed by atoms with Crippen molar-refractivity contribution in [2.75, 3.05) is 38.6 Å². The van der Waals surface area contributed by atoms with Gasteiger partial charge in [0.15, 0.2) is 0 Å². The Bertz CT molecular complexity index is 609. The van der Waals surface area contributed by atoms with Crippen LogP contribution in [0.2, 0.25) is 0 Å². The zero-order valence-corrected chi connectivity index (χ0v) is 14.1. The van der Waals surface area contributed by atoms with E-state index < -0.39 is 0 Å². The Balaban J connectivity index is 2.09. The predicted molar refractivity (Wildman–Crippen MR) is 93.9 cm³/mol. The minimum Gasteiger partial charge on any atom is -0.497 e. The lowest BCUT2D eigenvalue weighted by Gasteiger charge is -2.18. The van der Waals surface area contributed by atoms with E-state index in [1.54, 1.807) is 7.11 Å². The number of hydrogen-bond acceptors (Lipinski definition) is 4. The van der Waals surface area contributed by atoms with Crippen LogP contribution in [0.3, 0.4) is 0 Å². The monoisotopic (exact) mass is 301 g/mol. The van der Waals surface area contributed by atoms with Crippen molar-refractivity contribution >= 4 is 16.6 Å². The molecule has 0 atom stereocenters. The van der Waals surface area contributed by atoms with E-state index in [2.05, 4.69) is 41.2 Å². The van der Waals surface area contributed by atoms with Crippen molar-refractivity contribution in [1.82, 2.24) is 9.88 Å². The van der Waals surface area contributed by atoms with Gasteiger partial charge in [-0.15, -0.1) is 0 Å². The highest BCUT2D eigenvalue weighted by molar-refractivity contribution is 5.92. The quantitative estimate of drug-likeness (QED) is 0.755. The zero-order chi connectivity index (χ0) is 15.9. The average Bonchev–Trinajstić information content (AvgIpc) is 2.54. The third-order valence-corrected chi connectivity index (χ3v) is 4.00. The molecule has 2 rings (SSSR count). The molecule has 0 amide bonds. The number of fused-ring (bicyclic) bond motifs is 1. The summed E-state index contributed by atoms with van der Waals surface area (Å²) >= 11 is 0. The van der Waals surface area contributed by atoms with Gasteiger partial charge < -0.3 is 15.0 Å². The summed E-state index contributed by atoms with van der Waals surface area (Å²) in [5.74, 6) is 0.865. The van der Waals surface area contributed by atoms with Crippen LogP contribution in [-0.2, 0) is 0 Å². The number of methoxy groups -OCH3 is 1. The lowest BCUT2D eigenvalue weighted by molar-refractivity contribution is 0.303. The summed E-state index contributed by atoms with van der Waals surface area (Å²) in [6, 6.07) is 8.13. The number of hydrogen-bond donors (Lipinski definition) is 1. The molecule has 0 aliphatic rings. The molecule has 1 N–H and O–H groups in total. The SMILES string of the molecule is CCN(CC)CCCNc1cc(C)nc2ccc(OC)cc12. The Labute approximate surface area is 133 Å². The fourth-order valence-corrected chi connectivity index (χ4v) is 2.68. The van der Waals surface area contributed by atoms with E-state index >= 15 is 0 Å². The predicted octanol–water partition coefficient (Wildman–Crippen LogP) is 3.70. The van der Waals surface area contributed by atoms with Gasteiger partial charge in [0.2, 0.25) is 0 Å². The van der Waals surface area contributed by atoms with E-state index in [-0.39, 0.29) is 0 Å². The van der Waals surface area contributed by atoms with Gasteiger partial charge in [-0.2, -0.15) is 0 Å². The maximum Gasteiger partial charge on any atom is 0.119 e. The number of aryl methyl sites for hydroxylation is 1. The topological polar surface area (TPSA) is 37.4 Å². The number of aromatic nitrogens is 1. The molecule has 4 heteroatoms. The van der Waals surface area contributed by atoms with Gasteiger partial charge in [0.25, 0.3) is 0 Å². The highest BCUT2D eigenvalue weighted by atomic mass is 16.5. The summed E-state index contributed by atoms with van der Waals surface area (Å²) in [5.41, 5.74) is 3.18. The van der Waals surface area contributed by atoms with E-state index in [0.29, 0.717) is 0 Å². The fourth-order valence-electron chi connectivity index (χ4n) is 2.68. The standard InChI is InChI=1S/C18H27N3O/c1-5-21(6-2)11-7-10-19-18-12-14(3)20-17-9-8-15(22-4)13-16(17)18/h8-9,12-13H,5-7,10-11H2,1-4H3,(H,19,20). The molecule has 0 bridgehead atoms. The Hall–Kier alpha value is -1.81. The molecular formula is C18H27N3O. The second kappa shape index (κ2) is 7.99. The van der Waals surface area contributed by atoms with Crippen LogP contribution in [0.5, 0.6) is 5.75 Å². The van der Waals surface area contributed by atoms with E-state index in [1.807, 2.05) is 19.1 Å². The van der Waals surface area contributed by atoms with Crippen LogP contribution in [-0.4, -0.2) is 43.2 Å². The van der Waals surface area contributed by atoms with Gasteiger partial charge in [0, 0.05) is 23.3 Å². The second-order valence-corrected chi connectivity index (χ2v) is 5.50. The molecular weight excluding hydrogens is 274 g/mol. The number of anilines is 1. The van der Waals surface area contributed by atoms with Crippen LogP contribution in [0.1, 0.15) is 26.0 Å². The number of nitrogens with zero attached hydrogens (tertiary/aromatic N) is 2. The Morgan fingerprint density at radius 1 is 1.18 bits per heavy atom. The van der Waals surface area contributed by atoms with Crippen molar-refractivity contribution in [1.29, 1.82) is 0 Å². The zero-order valence-electron chi connectivity index (χ0n) is 14.1. The van der Waals surface area contributed by atoms with Crippen LogP contribution >= 0.6 is 0 Å². The summed E-state index contributed by atoms with van der Waals surface area (Å²) in [7, 11) is 1.69. The summed E-state index contributed by atoms with van der Waals surface area (Å²) < 4.78 is 5.33. The lowest BCUT2D eigenvalue weighted by Crippen LogP contribution is -2.25. The molecule has 1 heterocycles. The highest BCUT2D eigenvalue weighted by Crippen LogP contribution is 2.27. The summed E-state index contributed by atoms with van der Waals surface area (Å²) in [5, 5.41) is 4.68. The molecule has 22 heavy (non-hydrogen) atoms. The van der Waals surface area contributed by atoms with Crippen LogP contribution < -0.4 is 10.1 Å². The second-order valence-electron chi connectivity index (χ2n) is 5.50. The molecule has 0 spiro atoms. The van der Waals surface area contributed by atoms with Gasteiger partial charge in [-0.1, -0.05) is 13.8 Å². The summed E-state index contributed by atoms with van der Waals surface area (Å²) in [6.07, 6.45) is 1.13.